The van der Waals surface area contributed by atoms with Gasteiger partial charge in [-0.2, -0.15) is 10.1 Å². The standard InChI is InChI=1S/C15H21N7O5/c1-8(14(26)27)7-18-12(24)9-6-10-13(25)21(4-5-22(10)20-9)3-2-11(23)19-15(16)17/h6,8H,2-5,7H2,1H3,(H,18,24)(H,26,27)(H4,16,17,19,23)/p+1. The molecule has 3 amide bonds. The predicted molar refractivity (Wildman–Crippen MR) is 93.7 cm³/mol. The molecule has 0 aromatic carbocycles. The number of guanidine groups is 1. The molecule has 12 heteroatoms. The van der Waals surface area contributed by atoms with Crippen molar-refractivity contribution in [1.29, 1.82) is 0 Å². The van der Waals surface area contributed by atoms with Crippen molar-refractivity contribution >= 4 is 29.7 Å². The largest absolute Gasteiger partial charge is 0.564 e. The molecule has 0 bridgehead atoms. The summed E-state index contributed by atoms with van der Waals surface area (Å²) >= 11 is 0. The maximum Gasteiger partial charge on any atom is 0.520 e. The molecule has 2 rings (SSSR count). The van der Waals surface area contributed by atoms with E-state index in [0.717, 1.165) is 0 Å². The molecule has 1 aliphatic heterocycles. The monoisotopic (exact) mass is 380 g/mol. The summed E-state index contributed by atoms with van der Waals surface area (Å²) in [6.07, 6.45) is -0.0236. The Morgan fingerprint density at radius 1 is 1.37 bits per heavy atom. The molecule has 0 saturated carbocycles. The number of nitrogens with one attached hydrogen (secondary N) is 1. The van der Waals surface area contributed by atoms with E-state index in [0.29, 0.717) is 13.1 Å². The van der Waals surface area contributed by atoms with Gasteiger partial charge in [0.05, 0.1) is 6.54 Å². The third-order valence-corrected chi connectivity index (χ3v) is 3.97. The van der Waals surface area contributed by atoms with Crippen molar-refractivity contribution in [1.82, 2.24) is 20.0 Å². The van der Waals surface area contributed by atoms with E-state index in [9.17, 15) is 19.2 Å². The van der Waals surface area contributed by atoms with Crippen molar-refractivity contribution in [2.45, 2.75) is 19.9 Å². The first-order valence-corrected chi connectivity index (χ1v) is 8.22. The minimum absolute atomic E-state index is 0.0103. The Labute approximate surface area is 154 Å². The lowest BCUT2D eigenvalue weighted by atomic mass is 10.2. The fourth-order valence-corrected chi connectivity index (χ4v) is 2.42. The molecule has 27 heavy (non-hydrogen) atoms. The van der Waals surface area contributed by atoms with Gasteiger partial charge in [-0.05, 0) is 6.92 Å². The van der Waals surface area contributed by atoms with Crippen molar-refractivity contribution in [2.75, 3.05) is 19.6 Å². The van der Waals surface area contributed by atoms with Crippen molar-refractivity contribution in [3.05, 3.63) is 17.5 Å². The van der Waals surface area contributed by atoms with Crippen molar-refractivity contribution in [3.8, 4) is 0 Å². The minimum atomic E-state index is -0.777. The number of aromatic nitrogens is 2. The molecule has 1 aliphatic rings. The Kier molecular flexibility index (Phi) is 6.11. The van der Waals surface area contributed by atoms with Crippen LogP contribution in [-0.2, 0) is 16.1 Å². The van der Waals surface area contributed by atoms with Gasteiger partial charge in [-0.1, -0.05) is 0 Å². The van der Waals surface area contributed by atoms with Gasteiger partial charge in [0.1, 0.15) is 11.6 Å². The Balaban J connectivity index is 2.00. The fraction of sp³-hybridized carbons (Fsp3) is 0.467. The summed E-state index contributed by atoms with van der Waals surface area (Å²) in [5.74, 6) is -3.17. The predicted octanol–water partition coefficient (Wildman–Crippen LogP) is -2.85. The molecule has 0 aliphatic carbocycles. The number of carbonyl (C=O) groups excluding carboxylic acids is 4. The van der Waals surface area contributed by atoms with E-state index >= 15 is 0 Å². The smallest absolute Gasteiger partial charge is 0.520 e. The Hall–Kier alpha value is -3.44. The van der Waals surface area contributed by atoms with E-state index < -0.39 is 23.7 Å². The Morgan fingerprint density at radius 2 is 2.07 bits per heavy atom. The van der Waals surface area contributed by atoms with E-state index in [4.69, 9.17) is 16.6 Å². The van der Waals surface area contributed by atoms with E-state index in [2.05, 4.69) is 15.4 Å². The first-order valence-electron chi connectivity index (χ1n) is 8.22. The van der Waals surface area contributed by atoms with Crippen LogP contribution in [0.4, 0.5) is 0 Å². The summed E-state index contributed by atoms with van der Waals surface area (Å²) in [4.78, 5) is 51.9. The molecule has 0 radical (unpaired) electrons. The molecule has 0 fully saturated rings. The number of rotatable bonds is 7. The molecule has 7 N–H and O–H groups in total. The molecule has 2 heterocycles. The molecule has 1 unspecified atom stereocenters. The second kappa shape index (κ2) is 8.29. The number of hydrogen-bond donors (Lipinski definition) is 3. The molecule has 146 valence electrons. The van der Waals surface area contributed by atoms with Crippen molar-refractivity contribution in [2.24, 2.45) is 22.4 Å². The van der Waals surface area contributed by atoms with E-state index in [1.165, 1.54) is 22.6 Å². The summed E-state index contributed by atoms with van der Waals surface area (Å²) in [6.45, 7) is 2.37. The molecule has 1 atom stereocenters. The number of nitrogens with zero attached hydrogens (tertiary/aromatic N) is 4. The maximum absolute atomic E-state index is 12.5. The second-order valence-electron chi connectivity index (χ2n) is 6.09. The zero-order chi connectivity index (χ0) is 20.1. The lowest BCUT2D eigenvalue weighted by molar-refractivity contribution is -0.140. The highest BCUT2D eigenvalue weighted by Crippen LogP contribution is 2.14. The highest BCUT2D eigenvalue weighted by Gasteiger charge is 2.28. The molecule has 1 aromatic rings. The molecular weight excluding hydrogens is 358 g/mol. The average Bonchev–Trinajstić information content (AvgIpc) is 3.03. The van der Waals surface area contributed by atoms with Crippen molar-refractivity contribution in [3.63, 3.8) is 0 Å². The average molecular weight is 380 g/mol. The quantitative estimate of drug-likeness (QED) is 0.257. The molecule has 0 spiro atoms. The van der Waals surface area contributed by atoms with Gasteiger partial charge in [-0.3, -0.25) is 19.1 Å². The van der Waals surface area contributed by atoms with Crippen LogP contribution >= 0.6 is 0 Å². The third kappa shape index (κ3) is 5.03. The highest BCUT2D eigenvalue weighted by atomic mass is 16.4. The lowest BCUT2D eigenvalue weighted by Crippen LogP contribution is -2.41. The summed E-state index contributed by atoms with van der Waals surface area (Å²) in [5, 5.41) is 13.6. The van der Waals surface area contributed by atoms with Crippen LogP contribution in [0.1, 0.15) is 34.3 Å². The van der Waals surface area contributed by atoms with Gasteiger partial charge < -0.3 is 26.8 Å². The highest BCUT2D eigenvalue weighted by molar-refractivity contribution is 5.98. The molecule has 0 saturated heterocycles. The van der Waals surface area contributed by atoms with Gasteiger partial charge in [-0.15, -0.1) is 0 Å². The van der Waals surface area contributed by atoms with Crippen LogP contribution in [0.25, 0.3) is 0 Å². The van der Waals surface area contributed by atoms with E-state index in [-0.39, 0.29) is 42.8 Å². The maximum atomic E-state index is 12.5. The third-order valence-electron chi connectivity index (χ3n) is 3.97. The number of amides is 3. The Bertz CT molecular complexity index is 796. The van der Waals surface area contributed by atoms with Crippen LogP contribution in [0.5, 0.6) is 0 Å². The SMILES string of the molecule is CC(CNC(=O)c1cc2n(n1)CCN(CCC(=O)N=C(N)N)C2=O)C(=O)[OH2+]. The second-order valence-corrected chi connectivity index (χ2v) is 6.09. The van der Waals surface area contributed by atoms with Gasteiger partial charge in [-0.25, -0.2) is 0 Å². The number of aliphatic imine (C=N–C) groups is 1. The normalized spacial score (nSPS) is 14.3. The first kappa shape index (κ1) is 19.9. The topological polar surface area (TPSA) is 189 Å². The number of carbonyl (C=O) groups is 4. The summed E-state index contributed by atoms with van der Waals surface area (Å²) in [5.41, 5.74) is 10.5. The van der Waals surface area contributed by atoms with Gasteiger partial charge in [0.25, 0.3) is 17.7 Å². The van der Waals surface area contributed by atoms with Crippen LogP contribution in [0.3, 0.4) is 0 Å². The van der Waals surface area contributed by atoms with Gasteiger partial charge in [0.15, 0.2) is 11.7 Å². The lowest BCUT2D eigenvalue weighted by Gasteiger charge is -2.26. The zero-order valence-electron chi connectivity index (χ0n) is 14.8. The molecule has 12 nitrogen and oxygen atoms in total. The minimum Gasteiger partial charge on any atom is -0.564 e. The van der Waals surface area contributed by atoms with Gasteiger partial charge >= 0.3 is 5.97 Å². The summed E-state index contributed by atoms with van der Waals surface area (Å²) < 4.78 is 1.42. The van der Waals surface area contributed by atoms with Gasteiger partial charge in [0.2, 0.25) is 0 Å². The van der Waals surface area contributed by atoms with E-state index in [1.807, 2.05) is 0 Å². The van der Waals surface area contributed by atoms with Crippen LogP contribution in [-0.4, -0.2) is 69.1 Å². The summed E-state index contributed by atoms with van der Waals surface area (Å²) in [6, 6.07) is 1.36. The van der Waals surface area contributed by atoms with Gasteiger partial charge in [0, 0.05) is 36.9 Å². The first-order chi connectivity index (χ1) is 12.7. The van der Waals surface area contributed by atoms with Crippen LogP contribution in [0.15, 0.2) is 11.1 Å². The zero-order valence-corrected chi connectivity index (χ0v) is 14.8. The number of fused-ring (bicyclic) bond motifs is 1. The van der Waals surface area contributed by atoms with Crippen LogP contribution in [0.2, 0.25) is 0 Å². The Morgan fingerprint density at radius 3 is 2.70 bits per heavy atom. The van der Waals surface area contributed by atoms with Crippen LogP contribution in [0, 0.1) is 5.92 Å². The number of nitrogens with two attached hydrogens (primary N) is 2. The fourth-order valence-electron chi connectivity index (χ4n) is 2.42. The van der Waals surface area contributed by atoms with Crippen molar-refractivity contribution < 1.29 is 24.3 Å². The van der Waals surface area contributed by atoms with E-state index in [1.54, 1.807) is 0 Å². The van der Waals surface area contributed by atoms with Crippen LogP contribution < -0.4 is 16.8 Å². The summed E-state index contributed by atoms with van der Waals surface area (Å²) in [7, 11) is 0. The number of hydrogen-bond acceptors (Lipinski definition) is 5. The molecular formula is C15H22N7O5+. The molecule has 1 aromatic heterocycles.